The molecule has 0 aliphatic carbocycles. The first-order chi connectivity index (χ1) is 9.49. The first kappa shape index (κ1) is 14.4. The van der Waals surface area contributed by atoms with E-state index >= 15 is 0 Å². The topological polar surface area (TPSA) is 92.2 Å². The summed E-state index contributed by atoms with van der Waals surface area (Å²) >= 11 is 9.01. The second-order valence-electron chi connectivity index (χ2n) is 3.65. The van der Waals surface area contributed by atoms with Gasteiger partial charge in [-0.2, -0.15) is 0 Å². The highest BCUT2D eigenvalue weighted by Gasteiger charge is 2.17. The number of rotatable bonds is 3. The zero-order chi connectivity index (χ0) is 14.7. The molecular weight excluding hydrogens is 350 g/mol. The van der Waals surface area contributed by atoms with Gasteiger partial charge in [0.15, 0.2) is 0 Å². The third-order valence-corrected chi connectivity index (χ3v) is 3.06. The molecule has 0 fully saturated rings. The van der Waals surface area contributed by atoms with Crippen LogP contribution in [0.5, 0.6) is 0 Å². The van der Waals surface area contributed by atoms with E-state index in [-0.39, 0.29) is 22.1 Å². The van der Waals surface area contributed by atoms with Crippen LogP contribution in [0.2, 0.25) is 5.15 Å². The molecule has 0 saturated heterocycles. The Morgan fingerprint density at radius 1 is 1.30 bits per heavy atom. The van der Waals surface area contributed by atoms with E-state index in [0.717, 1.165) is 0 Å². The molecule has 0 spiro atoms. The van der Waals surface area contributed by atoms with Gasteiger partial charge < -0.3 is 10.4 Å². The van der Waals surface area contributed by atoms with E-state index in [1.807, 2.05) is 0 Å². The average molecular weight is 357 g/mol. The molecule has 0 aromatic carbocycles. The van der Waals surface area contributed by atoms with E-state index in [4.69, 9.17) is 16.7 Å². The Hall–Kier alpha value is -1.99. The molecule has 6 nitrogen and oxygen atoms in total. The summed E-state index contributed by atoms with van der Waals surface area (Å²) in [7, 11) is 0. The van der Waals surface area contributed by atoms with Crippen LogP contribution >= 0.6 is 27.5 Å². The Morgan fingerprint density at radius 3 is 2.75 bits per heavy atom. The molecule has 2 aromatic heterocycles. The summed E-state index contributed by atoms with van der Waals surface area (Å²) in [5.74, 6) is -1.84. The van der Waals surface area contributed by atoms with Crippen molar-refractivity contribution in [3.63, 3.8) is 0 Å². The summed E-state index contributed by atoms with van der Waals surface area (Å²) in [5.41, 5.74) is 0.00274. The molecule has 1 amide bonds. The van der Waals surface area contributed by atoms with Crippen molar-refractivity contribution < 1.29 is 14.7 Å². The number of halogens is 2. The summed E-state index contributed by atoms with van der Waals surface area (Å²) in [5, 5.41) is 11.4. The molecule has 0 aliphatic heterocycles. The fourth-order valence-electron chi connectivity index (χ4n) is 1.43. The average Bonchev–Trinajstić information content (AvgIpc) is 2.41. The Bertz CT molecular complexity index is 693. The van der Waals surface area contributed by atoms with Gasteiger partial charge in [0.05, 0.1) is 5.56 Å². The van der Waals surface area contributed by atoms with Crippen LogP contribution in [0.15, 0.2) is 35.1 Å². The van der Waals surface area contributed by atoms with Crippen LogP contribution in [-0.2, 0) is 0 Å². The number of aromatic nitrogens is 2. The van der Waals surface area contributed by atoms with Crippen LogP contribution in [0.25, 0.3) is 0 Å². The van der Waals surface area contributed by atoms with Crippen molar-refractivity contribution in [2.24, 2.45) is 0 Å². The molecule has 102 valence electrons. The van der Waals surface area contributed by atoms with Crippen LogP contribution in [-0.4, -0.2) is 27.0 Å². The van der Waals surface area contributed by atoms with Gasteiger partial charge in [-0.3, -0.25) is 4.79 Å². The lowest BCUT2D eigenvalue weighted by Crippen LogP contribution is -2.16. The zero-order valence-electron chi connectivity index (χ0n) is 9.80. The van der Waals surface area contributed by atoms with Crippen molar-refractivity contribution in [3.05, 3.63) is 51.3 Å². The van der Waals surface area contributed by atoms with E-state index in [9.17, 15) is 9.59 Å². The van der Waals surface area contributed by atoms with Gasteiger partial charge in [-0.25, -0.2) is 14.8 Å². The van der Waals surface area contributed by atoms with E-state index in [1.165, 1.54) is 30.6 Å². The van der Waals surface area contributed by atoms with E-state index < -0.39 is 11.9 Å². The number of hydrogen-bond donors (Lipinski definition) is 2. The smallest absolute Gasteiger partial charge is 0.339 e. The molecule has 2 aromatic rings. The number of carboxylic acid groups (broad SMARTS) is 1. The predicted molar refractivity (Wildman–Crippen MR) is 76.1 cm³/mol. The normalized spacial score (nSPS) is 10.1. The number of pyridine rings is 2. The number of nitrogens with one attached hydrogen (secondary N) is 1. The van der Waals surface area contributed by atoms with Crippen molar-refractivity contribution in [1.82, 2.24) is 9.97 Å². The van der Waals surface area contributed by atoms with Crippen LogP contribution < -0.4 is 5.32 Å². The molecule has 0 radical (unpaired) electrons. The van der Waals surface area contributed by atoms with Crippen LogP contribution in [0.1, 0.15) is 20.7 Å². The van der Waals surface area contributed by atoms with Crippen molar-refractivity contribution in [2.75, 3.05) is 5.32 Å². The van der Waals surface area contributed by atoms with Gasteiger partial charge in [-0.05, 0) is 34.1 Å². The molecular formula is C12H7BrClN3O3. The highest BCUT2D eigenvalue weighted by molar-refractivity contribution is 9.10. The summed E-state index contributed by atoms with van der Waals surface area (Å²) in [6, 6.07) is 4.28. The quantitative estimate of drug-likeness (QED) is 0.825. The van der Waals surface area contributed by atoms with Gasteiger partial charge in [0.25, 0.3) is 5.91 Å². The molecule has 0 aliphatic rings. The lowest BCUT2D eigenvalue weighted by atomic mass is 10.2. The molecule has 2 N–H and O–H groups in total. The second-order valence-corrected chi connectivity index (χ2v) is 4.92. The Balaban J connectivity index is 2.33. The molecule has 0 atom stereocenters. The highest BCUT2D eigenvalue weighted by Crippen LogP contribution is 2.20. The molecule has 0 unspecified atom stereocenters. The maximum Gasteiger partial charge on any atom is 0.339 e. The van der Waals surface area contributed by atoms with Gasteiger partial charge in [-0.15, -0.1) is 0 Å². The number of carbonyl (C=O) groups excluding carboxylic acids is 1. The van der Waals surface area contributed by atoms with Crippen molar-refractivity contribution in [3.8, 4) is 0 Å². The molecule has 2 rings (SSSR count). The number of carboxylic acids is 1. The second kappa shape index (κ2) is 5.98. The van der Waals surface area contributed by atoms with Gasteiger partial charge in [-0.1, -0.05) is 11.6 Å². The van der Waals surface area contributed by atoms with Gasteiger partial charge >= 0.3 is 5.97 Å². The summed E-state index contributed by atoms with van der Waals surface area (Å²) in [4.78, 5) is 30.7. The zero-order valence-corrected chi connectivity index (χ0v) is 12.1. The fraction of sp³-hybridized carbons (Fsp3) is 0. The van der Waals surface area contributed by atoms with Gasteiger partial charge in [0.1, 0.15) is 16.5 Å². The predicted octanol–water partition coefficient (Wildman–Crippen LogP) is 2.84. The van der Waals surface area contributed by atoms with Crippen LogP contribution in [0.3, 0.4) is 0 Å². The molecule has 0 bridgehead atoms. The SMILES string of the molecule is O=C(Nc1ncccc1C(=O)O)c1cc(Br)cnc1Cl. The Labute approximate surface area is 126 Å². The van der Waals surface area contributed by atoms with E-state index in [2.05, 4.69) is 31.2 Å². The minimum absolute atomic E-state index is 0.0125. The molecule has 8 heteroatoms. The van der Waals surface area contributed by atoms with Crippen LogP contribution in [0, 0.1) is 0 Å². The van der Waals surface area contributed by atoms with E-state index in [1.54, 1.807) is 0 Å². The van der Waals surface area contributed by atoms with Crippen molar-refractivity contribution in [1.29, 1.82) is 0 Å². The number of hydrogen-bond acceptors (Lipinski definition) is 4. The lowest BCUT2D eigenvalue weighted by molar-refractivity contribution is 0.0697. The maximum absolute atomic E-state index is 12.1. The van der Waals surface area contributed by atoms with Crippen LogP contribution in [0.4, 0.5) is 5.82 Å². The molecule has 0 saturated carbocycles. The lowest BCUT2D eigenvalue weighted by Gasteiger charge is -2.08. The number of nitrogens with zero attached hydrogens (tertiary/aromatic N) is 2. The Morgan fingerprint density at radius 2 is 2.05 bits per heavy atom. The maximum atomic E-state index is 12.1. The first-order valence-electron chi connectivity index (χ1n) is 5.29. The number of anilines is 1. The third kappa shape index (κ3) is 3.12. The molecule has 20 heavy (non-hydrogen) atoms. The molecule has 2 heterocycles. The van der Waals surface area contributed by atoms with E-state index in [0.29, 0.717) is 4.47 Å². The third-order valence-electron chi connectivity index (χ3n) is 2.32. The Kier molecular flexibility index (Phi) is 4.31. The van der Waals surface area contributed by atoms with Gasteiger partial charge in [0.2, 0.25) is 0 Å². The standard InChI is InChI=1S/C12H7BrClN3O3/c13-6-4-8(9(14)16-5-6)11(18)17-10-7(12(19)20)2-1-3-15-10/h1-5H,(H,19,20)(H,15,17,18). The summed E-state index contributed by atoms with van der Waals surface area (Å²) in [6.07, 6.45) is 2.82. The largest absolute Gasteiger partial charge is 0.478 e. The minimum Gasteiger partial charge on any atom is -0.478 e. The number of carbonyl (C=O) groups is 2. The highest BCUT2D eigenvalue weighted by atomic mass is 79.9. The first-order valence-corrected chi connectivity index (χ1v) is 6.47. The fourth-order valence-corrected chi connectivity index (χ4v) is 1.95. The monoisotopic (exact) mass is 355 g/mol. The minimum atomic E-state index is -1.19. The number of aromatic carboxylic acids is 1. The van der Waals surface area contributed by atoms with Crippen molar-refractivity contribution in [2.45, 2.75) is 0 Å². The summed E-state index contributed by atoms with van der Waals surface area (Å²) in [6.45, 7) is 0. The number of amides is 1. The summed E-state index contributed by atoms with van der Waals surface area (Å²) < 4.78 is 0.575. The van der Waals surface area contributed by atoms with Crippen molar-refractivity contribution >= 4 is 45.2 Å². The van der Waals surface area contributed by atoms with Gasteiger partial charge in [0, 0.05) is 16.9 Å².